The number of phenolic OH excluding ortho intramolecular Hbond substituents is 1. The zero-order valence-electron chi connectivity index (χ0n) is 12.1. The number of nitrogens with one attached hydrogen (secondary N) is 1. The summed E-state index contributed by atoms with van der Waals surface area (Å²) >= 11 is 0. The first kappa shape index (κ1) is 13.4. The second-order valence-electron chi connectivity index (χ2n) is 5.56. The molecule has 0 spiro atoms. The molecular formula is C18H17NO2. The molecule has 3 nitrogen and oxygen atoms in total. The Hall–Kier alpha value is -2.55. The lowest BCUT2D eigenvalue weighted by molar-refractivity contribution is 0.112. The van der Waals surface area contributed by atoms with Gasteiger partial charge >= 0.3 is 0 Å². The maximum absolute atomic E-state index is 11.0. The number of aldehydes is 1. The molecule has 0 radical (unpaired) electrons. The van der Waals surface area contributed by atoms with Crippen LogP contribution in [-0.2, 0) is 6.42 Å². The van der Waals surface area contributed by atoms with Crippen LogP contribution in [0.1, 0.15) is 29.8 Å². The Balaban J connectivity index is 2.17. The Bertz CT molecular complexity index is 868. The number of hydrogen-bond donors (Lipinski definition) is 2. The van der Waals surface area contributed by atoms with Crippen molar-refractivity contribution in [1.29, 1.82) is 0 Å². The predicted octanol–water partition coefficient (Wildman–Crippen LogP) is 4.35. The first-order valence-corrected chi connectivity index (χ1v) is 6.94. The molecule has 21 heavy (non-hydrogen) atoms. The molecule has 0 aliphatic heterocycles. The molecule has 2 aromatic carbocycles. The van der Waals surface area contributed by atoms with Gasteiger partial charge in [-0.1, -0.05) is 23.8 Å². The number of rotatable bonds is 3. The van der Waals surface area contributed by atoms with Gasteiger partial charge in [-0.2, -0.15) is 0 Å². The van der Waals surface area contributed by atoms with Crippen LogP contribution in [0.15, 0.2) is 42.0 Å². The molecule has 0 fully saturated rings. The van der Waals surface area contributed by atoms with Crippen LogP contribution in [0.4, 0.5) is 0 Å². The van der Waals surface area contributed by atoms with Gasteiger partial charge in [0.2, 0.25) is 0 Å². The van der Waals surface area contributed by atoms with E-state index in [0.29, 0.717) is 11.8 Å². The summed E-state index contributed by atoms with van der Waals surface area (Å²) in [6, 6.07) is 9.62. The van der Waals surface area contributed by atoms with Crippen LogP contribution in [0.5, 0.6) is 5.75 Å². The molecule has 3 heteroatoms. The van der Waals surface area contributed by atoms with E-state index in [1.165, 1.54) is 11.1 Å². The second-order valence-corrected chi connectivity index (χ2v) is 5.56. The molecule has 1 aromatic heterocycles. The molecule has 3 aromatic rings. The van der Waals surface area contributed by atoms with E-state index in [1.54, 1.807) is 12.1 Å². The summed E-state index contributed by atoms with van der Waals surface area (Å²) in [6.07, 6.45) is 3.77. The highest BCUT2D eigenvalue weighted by Gasteiger charge is 2.09. The monoisotopic (exact) mass is 279 g/mol. The van der Waals surface area contributed by atoms with Crippen molar-refractivity contribution in [3.63, 3.8) is 0 Å². The van der Waals surface area contributed by atoms with Gasteiger partial charge in [0.05, 0.1) is 11.1 Å². The summed E-state index contributed by atoms with van der Waals surface area (Å²) in [5.41, 5.74) is 4.71. The Kier molecular flexibility index (Phi) is 3.26. The number of carbonyl (C=O) groups is 1. The molecule has 3 rings (SSSR count). The molecule has 0 aliphatic carbocycles. The van der Waals surface area contributed by atoms with Gasteiger partial charge in [-0.25, -0.2) is 0 Å². The quantitative estimate of drug-likeness (QED) is 0.553. The van der Waals surface area contributed by atoms with E-state index in [9.17, 15) is 9.90 Å². The average Bonchev–Trinajstić information content (AvgIpc) is 2.80. The molecule has 0 bridgehead atoms. The molecule has 0 aliphatic rings. The SMILES string of the molecule is CC(C)=CCc1ccc2c(c1)[nH]c1cc(O)c(C=O)cc12. The van der Waals surface area contributed by atoms with E-state index in [2.05, 4.69) is 43.1 Å². The van der Waals surface area contributed by atoms with Crippen molar-refractivity contribution in [3.8, 4) is 5.75 Å². The van der Waals surface area contributed by atoms with E-state index < -0.39 is 0 Å². The zero-order chi connectivity index (χ0) is 15.0. The van der Waals surface area contributed by atoms with E-state index in [1.807, 2.05) is 0 Å². The molecular weight excluding hydrogens is 262 g/mol. The van der Waals surface area contributed by atoms with Crippen molar-refractivity contribution in [3.05, 3.63) is 53.1 Å². The highest BCUT2D eigenvalue weighted by molar-refractivity contribution is 6.09. The molecule has 2 N–H and O–H groups in total. The number of phenols is 1. The fourth-order valence-electron chi connectivity index (χ4n) is 2.55. The van der Waals surface area contributed by atoms with Crippen LogP contribution in [0, 0.1) is 0 Å². The van der Waals surface area contributed by atoms with Crippen LogP contribution in [0.25, 0.3) is 21.8 Å². The third kappa shape index (κ3) is 2.42. The van der Waals surface area contributed by atoms with Crippen molar-refractivity contribution >= 4 is 28.1 Å². The number of fused-ring (bicyclic) bond motifs is 3. The lowest BCUT2D eigenvalue weighted by Crippen LogP contribution is -1.82. The Morgan fingerprint density at radius 1 is 1.14 bits per heavy atom. The first-order valence-electron chi connectivity index (χ1n) is 6.94. The Morgan fingerprint density at radius 2 is 1.90 bits per heavy atom. The predicted molar refractivity (Wildman–Crippen MR) is 86.0 cm³/mol. The van der Waals surface area contributed by atoms with Gasteiger partial charge in [0.25, 0.3) is 0 Å². The lowest BCUT2D eigenvalue weighted by Gasteiger charge is -1.99. The molecule has 0 amide bonds. The van der Waals surface area contributed by atoms with Crippen LogP contribution < -0.4 is 0 Å². The standard InChI is InChI=1S/C18H17NO2/c1-11(2)3-4-12-5-6-14-15-8-13(10-20)18(21)9-17(15)19-16(14)7-12/h3,5-10,19,21H,4H2,1-2H3. The number of aromatic amines is 1. The fraction of sp³-hybridized carbons (Fsp3) is 0.167. The highest BCUT2D eigenvalue weighted by atomic mass is 16.3. The van der Waals surface area contributed by atoms with Gasteiger partial charge in [0.15, 0.2) is 6.29 Å². The summed E-state index contributed by atoms with van der Waals surface area (Å²) in [5, 5.41) is 11.8. The number of aromatic hydroxyl groups is 1. The van der Waals surface area contributed by atoms with Crippen LogP contribution >= 0.6 is 0 Å². The minimum Gasteiger partial charge on any atom is -0.507 e. The van der Waals surface area contributed by atoms with Gasteiger partial charge in [-0.15, -0.1) is 0 Å². The summed E-state index contributed by atoms with van der Waals surface area (Å²) in [6.45, 7) is 4.18. The van der Waals surface area contributed by atoms with Crippen molar-refractivity contribution in [2.24, 2.45) is 0 Å². The average molecular weight is 279 g/mol. The number of allylic oxidation sites excluding steroid dienone is 2. The number of hydrogen-bond acceptors (Lipinski definition) is 2. The highest BCUT2D eigenvalue weighted by Crippen LogP contribution is 2.30. The normalized spacial score (nSPS) is 11.0. The maximum atomic E-state index is 11.0. The minimum atomic E-state index is 0.00817. The molecule has 0 atom stereocenters. The molecule has 0 saturated carbocycles. The van der Waals surface area contributed by atoms with Crippen LogP contribution in [-0.4, -0.2) is 16.4 Å². The van der Waals surface area contributed by atoms with Crippen molar-refractivity contribution in [1.82, 2.24) is 4.98 Å². The third-order valence-electron chi connectivity index (χ3n) is 3.68. The van der Waals surface area contributed by atoms with Gasteiger partial charge in [0, 0.05) is 22.4 Å². The molecule has 106 valence electrons. The molecule has 0 unspecified atom stereocenters. The van der Waals surface area contributed by atoms with E-state index in [0.717, 1.165) is 28.2 Å². The van der Waals surface area contributed by atoms with Gasteiger partial charge in [0.1, 0.15) is 5.75 Å². The smallest absolute Gasteiger partial charge is 0.153 e. The third-order valence-corrected chi connectivity index (χ3v) is 3.68. The van der Waals surface area contributed by atoms with Crippen LogP contribution in [0.3, 0.4) is 0 Å². The summed E-state index contributed by atoms with van der Waals surface area (Å²) in [4.78, 5) is 14.3. The zero-order valence-corrected chi connectivity index (χ0v) is 12.1. The van der Waals surface area contributed by atoms with Gasteiger partial charge in [-0.3, -0.25) is 4.79 Å². The first-order chi connectivity index (χ1) is 10.1. The van der Waals surface area contributed by atoms with Crippen molar-refractivity contribution < 1.29 is 9.90 Å². The minimum absolute atomic E-state index is 0.00817. The van der Waals surface area contributed by atoms with Crippen molar-refractivity contribution in [2.75, 3.05) is 0 Å². The van der Waals surface area contributed by atoms with Crippen LogP contribution in [0.2, 0.25) is 0 Å². The van der Waals surface area contributed by atoms with E-state index in [4.69, 9.17) is 0 Å². The number of benzene rings is 2. The fourth-order valence-corrected chi connectivity index (χ4v) is 2.55. The summed E-state index contributed by atoms with van der Waals surface area (Å²) in [5.74, 6) is 0.00817. The van der Waals surface area contributed by atoms with E-state index >= 15 is 0 Å². The Labute approximate surface area is 122 Å². The topological polar surface area (TPSA) is 53.1 Å². The summed E-state index contributed by atoms with van der Waals surface area (Å²) in [7, 11) is 0. The van der Waals surface area contributed by atoms with Crippen molar-refractivity contribution in [2.45, 2.75) is 20.3 Å². The maximum Gasteiger partial charge on any atom is 0.153 e. The lowest BCUT2D eigenvalue weighted by atomic mass is 10.1. The molecule has 1 heterocycles. The summed E-state index contributed by atoms with van der Waals surface area (Å²) < 4.78 is 0. The van der Waals surface area contributed by atoms with Gasteiger partial charge < -0.3 is 10.1 Å². The number of carbonyl (C=O) groups excluding carboxylic acids is 1. The number of aromatic nitrogens is 1. The Morgan fingerprint density at radius 3 is 2.62 bits per heavy atom. The second kappa shape index (κ2) is 5.09. The number of H-pyrrole nitrogens is 1. The van der Waals surface area contributed by atoms with Gasteiger partial charge in [-0.05, 0) is 38.0 Å². The van der Waals surface area contributed by atoms with E-state index in [-0.39, 0.29) is 5.75 Å². The molecule has 0 saturated heterocycles. The largest absolute Gasteiger partial charge is 0.507 e.